The van der Waals surface area contributed by atoms with Crippen LogP contribution in [0.1, 0.15) is 43.5 Å². The van der Waals surface area contributed by atoms with Gasteiger partial charge in [-0.1, -0.05) is 19.8 Å². The van der Waals surface area contributed by atoms with Gasteiger partial charge >= 0.3 is 0 Å². The first-order valence-electron chi connectivity index (χ1n) is 5.69. The SMILES string of the molecule is CCCCCOc1ccc(F)c(C(C)=O)c1F. The van der Waals surface area contributed by atoms with Crippen molar-refractivity contribution in [3.05, 3.63) is 29.3 Å². The molecule has 0 aliphatic heterocycles. The van der Waals surface area contributed by atoms with Gasteiger partial charge in [0.1, 0.15) is 5.82 Å². The number of rotatable bonds is 6. The van der Waals surface area contributed by atoms with Crippen LogP contribution in [0.2, 0.25) is 0 Å². The second-order valence-electron chi connectivity index (χ2n) is 3.85. The van der Waals surface area contributed by atoms with Crippen LogP contribution < -0.4 is 4.74 Å². The van der Waals surface area contributed by atoms with Crippen molar-refractivity contribution in [3.8, 4) is 5.75 Å². The van der Waals surface area contributed by atoms with Crippen LogP contribution in [0.4, 0.5) is 8.78 Å². The van der Waals surface area contributed by atoms with Crippen LogP contribution in [0.5, 0.6) is 5.75 Å². The third-order valence-corrected chi connectivity index (χ3v) is 2.41. The Hall–Kier alpha value is -1.45. The second kappa shape index (κ2) is 6.33. The average molecular weight is 242 g/mol. The zero-order chi connectivity index (χ0) is 12.8. The van der Waals surface area contributed by atoms with Gasteiger partial charge in [-0.2, -0.15) is 0 Å². The number of Topliss-reactive ketones (excluding diaryl/α,β-unsaturated/α-hetero) is 1. The number of carbonyl (C=O) groups is 1. The minimum absolute atomic E-state index is 0.0623. The molecule has 0 aromatic heterocycles. The maximum atomic E-state index is 13.7. The number of hydrogen-bond donors (Lipinski definition) is 0. The number of benzene rings is 1. The lowest BCUT2D eigenvalue weighted by molar-refractivity contribution is 0.100. The predicted molar refractivity (Wildman–Crippen MR) is 61.4 cm³/mol. The highest BCUT2D eigenvalue weighted by Gasteiger charge is 2.18. The molecular weight excluding hydrogens is 226 g/mol. The summed E-state index contributed by atoms with van der Waals surface area (Å²) in [5.41, 5.74) is -0.530. The third kappa shape index (κ3) is 3.51. The molecule has 0 aliphatic carbocycles. The number of unbranched alkanes of at least 4 members (excludes halogenated alkanes) is 2. The van der Waals surface area contributed by atoms with Crippen LogP contribution in [-0.4, -0.2) is 12.4 Å². The molecule has 0 heterocycles. The van der Waals surface area contributed by atoms with Gasteiger partial charge in [-0.05, 0) is 25.5 Å². The van der Waals surface area contributed by atoms with Crippen molar-refractivity contribution >= 4 is 5.78 Å². The Labute approximate surface area is 99.6 Å². The molecule has 0 saturated heterocycles. The van der Waals surface area contributed by atoms with Gasteiger partial charge in [0.15, 0.2) is 17.3 Å². The van der Waals surface area contributed by atoms with E-state index in [2.05, 4.69) is 0 Å². The lowest BCUT2D eigenvalue weighted by Crippen LogP contribution is -2.06. The lowest BCUT2D eigenvalue weighted by atomic mass is 10.1. The van der Waals surface area contributed by atoms with Crippen LogP contribution >= 0.6 is 0 Å². The molecule has 1 aromatic rings. The number of carbonyl (C=O) groups excluding carboxylic acids is 1. The van der Waals surface area contributed by atoms with Crippen molar-refractivity contribution in [2.75, 3.05) is 6.61 Å². The molecule has 94 valence electrons. The highest BCUT2D eigenvalue weighted by molar-refractivity contribution is 5.95. The molecule has 0 atom stereocenters. The molecule has 0 spiro atoms. The highest BCUT2D eigenvalue weighted by Crippen LogP contribution is 2.23. The van der Waals surface area contributed by atoms with Crippen LogP contribution in [0.15, 0.2) is 12.1 Å². The highest BCUT2D eigenvalue weighted by atomic mass is 19.1. The van der Waals surface area contributed by atoms with Gasteiger partial charge in [-0.15, -0.1) is 0 Å². The monoisotopic (exact) mass is 242 g/mol. The summed E-state index contributed by atoms with van der Waals surface area (Å²) in [6, 6.07) is 2.26. The van der Waals surface area contributed by atoms with E-state index in [4.69, 9.17) is 4.74 Å². The van der Waals surface area contributed by atoms with Gasteiger partial charge in [0, 0.05) is 0 Å². The Morgan fingerprint density at radius 2 is 2.00 bits per heavy atom. The first kappa shape index (κ1) is 13.6. The Bertz CT molecular complexity index is 403. The van der Waals surface area contributed by atoms with E-state index in [0.29, 0.717) is 6.61 Å². The molecule has 17 heavy (non-hydrogen) atoms. The Morgan fingerprint density at radius 3 is 2.59 bits per heavy atom. The van der Waals surface area contributed by atoms with E-state index in [0.717, 1.165) is 32.3 Å². The standard InChI is InChI=1S/C13H16F2O2/c1-3-4-5-8-17-11-7-6-10(14)12(9(2)16)13(11)15/h6-7H,3-5,8H2,1-2H3. The van der Waals surface area contributed by atoms with Crippen LogP contribution in [0.3, 0.4) is 0 Å². The van der Waals surface area contributed by atoms with Gasteiger partial charge in [-0.25, -0.2) is 8.78 Å². The molecule has 0 fully saturated rings. The van der Waals surface area contributed by atoms with E-state index >= 15 is 0 Å². The fourth-order valence-electron chi connectivity index (χ4n) is 1.50. The zero-order valence-corrected chi connectivity index (χ0v) is 10.1. The van der Waals surface area contributed by atoms with Crippen LogP contribution in [-0.2, 0) is 0 Å². The van der Waals surface area contributed by atoms with Crippen LogP contribution in [0, 0.1) is 11.6 Å². The van der Waals surface area contributed by atoms with E-state index in [1.165, 1.54) is 6.07 Å². The molecule has 0 saturated carbocycles. The molecule has 0 unspecified atom stereocenters. The van der Waals surface area contributed by atoms with Crippen molar-refractivity contribution < 1.29 is 18.3 Å². The van der Waals surface area contributed by atoms with Crippen molar-refractivity contribution in [1.82, 2.24) is 0 Å². The zero-order valence-electron chi connectivity index (χ0n) is 10.1. The van der Waals surface area contributed by atoms with Gasteiger partial charge in [0.2, 0.25) is 0 Å². The minimum atomic E-state index is -0.908. The second-order valence-corrected chi connectivity index (χ2v) is 3.85. The summed E-state index contributed by atoms with van der Waals surface area (Å²) in [4.78, 5) is 11.1. The van der Waals surface area contributed by atoms with Gasteiger partial charge in [0.05, 0.1) is 12.2 Å². The van der Waals surface area contributed by atoms with Crippen molar-refractivity contribution in [2.24, 2.45) is 0 Å². The van der Waals surface area contributed by atoms with Crippen LogP contribution in [0.25, 0.3) is 0 Å². The molecule has 0 bridgehead atoms. The summed E-state index contributed by atoms with van der Waals surface area (Å²) in [7, 11) is 0. The molecule has 0 aliphatic rings. The molecule has 1 aromatic carbocycles. The van der Waals surface area contributed by atoms with Crippen molar-refractivity contribution in [1.29, 1.82) is 0 Å². The number of halogens is 2. The smallest absolute Gasteiger partial charge is 0.178 e. The summed E-state index contributed by atoms with van der Waals surface area (Å²) < 4.78 is 32.1. The minimum Gasteiger partial charge on any atom is -0.490 e. The maximum absolute atomic E-state index is 13.7. The van der Waals surface area contributed by atoms with Crippen molar-refractivity contribution in [2.45, 2.75) is 33.1 Å². The predicted octanol–water partition coefficient (Wildman–Crippen LogP) is 3.74. The Kier molecular flexibility index (Phi) is 5.07. The molecule has 2 nitrogen and oxygen atoms in total. The average Bonchev–Trinajstić information content (AvgIpc) is 2.26. The largest absolute Gasteiger partial charge is 0.490 e. The Morgan fingerprint density at radius 1 is 1.29 bits per heavy atom. The number of hydrogen-bond acceptors (Lipinski definition) is 2. The summed E-state index contributed by atoms with van der Waals surface area (Å²) in [6.07, 6.45) is 2.83. The molecule has 1 rings (SSSR count). The Balaban J connectivity index is 2.80. The first-order chi connectivity index (χ1) is 8.07. The maximum Gasteiger partial charge on any atom is 0.178 e. The fraction of sp³-hybridized carbons (Fsp3) is 0.462. The van der Waals surface area contributed by atoms with E-state index in [1.54, 1.807) is 0 Å². The summed E-state index contributed by atoms with van der Waals surface area (Å²) in [6.45, 7) is 3.54. The topological polar surface area (TPSA) is 26.3 Å². The first-order valence-corrected chi connectivity index (χ1v) is 5.69. The molecule has 0 amide bonds. The fourth-order valence-corrected chi connectivity index (χ4v) is 1.50. The van der Waals surface area contributed by atoms with E-state index in [-0.39, 0.29) is 5.75 Å². The van der Waals surface area contributed by atoms with Gasteiger partial charge in [0.25, 0.3) is 0 Å². The quantitative estimate of drug-likeness (QED) is 0.561. The third-order valence-electron chi connectivity index (χ3n) is 2.41. The summed E-state index contributed by atoms with van der Waals surface area (Å²) in [5, 5.41) is 0. The summed E-state index contributed by atoms with van der Waals surface area (Å²) in [5.74, 6) is -2.46. The molecule has 0 radical (unpaired) electrons. The number of ether oxygens (including phenoxy) is 1. The normalized spacial score (nSPS) is 10.4. The number of ketones is 1. The summed E-state index contributed by atoms with van der Waals surface area (Å²) >= 11 is 0. The molecule has 0 N–H and O–H groups in total. The van der Waals surface area contributed by atoms with E-state index < -0.39 is 23.0 Å². The molecular formula is C13H16F2O2. The van der Waals surface area contributed by atoms with E-state index in [9.17, 15) is 13.6 Å². The van der Waals surface area contributed by atoms with Gasteiger partial charge in [-0.3, -0.25) is 4.79 Å². The molecule has 4 heteroatoms. The van der Waals surface area contributed by atoms with E-state index in [1.807, 2.05) is 6.92 Å². The van der Waals surface area contributed by atoms with Crippen molar-refractivity contribution in [3.63, 3.8) is 0 Å². The lowest BCUT2D eigenvalue weighted by Gasteiger charge is -2.09. The van der Waals surface area contributed by atoms with Gasteiger partial charge < -0.3 is 4.74 Å².